The van der Waals surface area contributed by atoms with Crippen LogP contribution in [0.3, 0.4) is 0 Å². The summed E-state index contributed by atoms with van der Waals surface area (Å²) in [5, 5.41) is 11.9. The normalized spacial score (nSPS) is 12.9. The maximum absolute atomic E-state index is 11.4. The van der Waals surface area contributed by atoms with Crippen molar-refractivity contribution in [2.75, 3.05) is 26.2 Å². The highest BCUT2D eigenvalue weighted by atomic mass is 127. The lowest BCUT2D eigenvalue weighted by Crippen LogP contribution is -2.43. The second kappa shape index (κ2) is 13.7. The number of nitrogens with two attached hydrogens (primary N) is 1. The highest BCUT2D eigenvalue weighted by molar-refractivity contribution is 14.0. The minimum atomic E-state index is -3.68. The van der Waals surface area contributed by atoms with Gasteiger partial charge in [-0.05, 0) is 43.3 Å². The van der Waals surface area contributed by atoms with Crippen LogP contribution in [0, 0.1) is 0 Å². The van der Waals surface area contributed by atoms with Crippen LogP contribution in [-0.2, 0) is 16.6 Å². The zero-order valence-corrected chi connectivity index (χ0v) is 21.6. The second-order valence-corrected chi connectivity index (χ2v) is 8.47. The number of sulfonamides is 1. The molecule has 0 radical (unpaired) electrons. The Morgan fingerprint density at radius 1 is 1.00 bits per heavy atom. The third kappa shape index (κ3) is 8.76. The van der Waals surface area contributed by atoms with Gasteiger partial charge in [-0.15, -0.1) is 24.0 Å². The van der Waals surface area contributed by atoms with Gasteiger partial charge in [0.05, 0.1) is 17.5 Å². The van der Waals surface area contributed by atoms with E-state index in [1.54, 1.807) is 12.1 Å². The molecule has 0 heterocycles. The summed E-state index contributed by atoms with van der Waals surface area (Å²) in [5.74, 6) is 0.723. The van der Waals surface area contributed by atoms with Crippen LogP contribution in [0.15, 0.2) is 64.5 Å². The van der Waals surface area contributed by atoms with Gasteiger partial charge in [0, 0.05) is 13.1 Å². The van der Waals surface area contributed by atoms with Crippen LogP contribution >= 0.6 is 24.0 Å². The molecule has 0 bridgehead atoms. The molecular weight excluding hydrogens is 525 g/mol. The first kappa shape index (κ1) is 27.3. The zero-order valence-electron chi connectivity index (χ0n) is 18.4. The summed E-state index contributed by atoms with van der Waals surface area (Å²) >= 11 is 0. The van der Waals surface area contributed by atoms with Crippen LogP contribution in [0.25, 0.3) is 0 Å². The predicted octanol–water partition coefficient (Wildman–Crippen LogP) is 3.09. The van der Waals surface area contributed by atoms with E-state index in [1.165, 1.54) is 17.7 Å². The molecule has 0 aliphatic carbocycles. The topological polar surface area (TPSA) is 99.8 Å². The fourth-order valence-corrected chi connectivity index (χ4v) is 3.80. The summed E-state index contributed by atoms with van der Waals surface area (Å²) in [4.78, 5) is 7.16. The first-order valence-corrected chi connectivity index (χ1v) is 11.9. The lowest BCUT2D eigenvalue weighted by Gasteiger charge is -2.30. The van der Waals surface area contributed by atoms with E-state index in [0.29, 0.717) is 6.54 Å². The summed E-state index contributed by atoms with van der Waals surface area (Å²) in [6.07, 6.45) is 0. The number of halogens is 1. The van der Waals surface area contributed by atoms with Gasteiger partial charge in [0.15, 0.2) is 5.96 Å². The summed E-state index contributed by atoms with van der Waals surface area (Å²) in [5.41, 5.74) is 2.17. The third-order valence-electron chi connectivity index (χ3n) is 4.92. The molecule has 1 atom stereocenters. The number of primary sulfonamides is 1. The van der Waals surface area contributed by atoms with Crippen molar-refractivity contribution in [1.29, 1.82) is 0 Å². The number of nitrogens with one attached hydrogen (secondary N) is 2. The number of benzene rings is 2. The van der Waals surface area contributed by atoms with Crippen molar-refractivity contribution in [3.05, 3.63) is 65.7 Å². The van der Waals surface area contributed by atoms with E-state index in [0.717, 1.165) is 37.7 Å². The number of hydrogen-bond donors (Lipinski definition) is 3. The molecule has 9 heteroatoms. The van der Waals surface area contributed by atoms with Gasteiger partial charge in [-0.1, -0.05) is 56.3 Å². The molecule has 2 rings (SSSR count). The van der Waals surface area contributed by atoms with Crippen molar-refractivity contribution < 1.29 is 8.42 Å². The van der Waals surface area contributed by atoms with Crippen LogP contribution in [-0.4, -0.2) is 45.5 Å². The molecule has 0 saturated carbocycles. The van der Waals surface area contributed by atoms with Gasteiger partial charge in [-0.25, -0.2) is 18.5 Å². The Labute approximate surface area is 203 Å². The first-order chi connectivity index (χ1) is 14.4. The van der Waals surface area contributed by atoms with E-state index in [9.17, 15) is 8.42 Å². The molecule has 7 nitrogen and oxygen atoms in total. The largest absolute Gasteiger partial charge is 0.357 e. The summed E-state index contributed by atoms with van der Waals surface area (Å²) < 4.78 is 22.8. The molecule has 1 unspecified atom stereocenters. The van der Waals surface area contributed by atoms with Crippen molar-refractivity contribution in [2.24, 2.45) is 10.1 Å². The average Bonchev–Trinajstić information content (AvgIpc) is 2.75. The molecule has 0 amide bonds. The molecule has 2 aromatic carbocycles. The lowest BCUT2D eigenvalue weighted by molar-refractivity contribution is 0.219. The SMILES string of the molecule is CCNC(=NCc1ccc(S(N)(=O)=O)cc1)NCC(c1ccccc1)N(CC)CC.I. The molecule has 0 aromatic heterocycles. The third-order valence-corrected chi connectivity index (χ3v) is 5.85. The fraction of sp³-hybridized carbons (Fsp3) is 0.409. The van der Waals surface area contributed by atoms with Crippen LogP contribution in [0.1, 0.15) is 37.9 Å². The van der Waals surface area contributed by atoms with Gasteiger partial charge in [0.1, 0.15) is 0 Å². The molecular formula is C22H34IN5O2S. The molecule has 4 N–H and O–H groups in total. The molecule has 2 aromatic rings. The lowest BCUT2D eigenvalue weighted by atomic mass is 10.1. The monoisotopic (exact) mass is 559 g/mol. The van der Waals surface area contributed by atoms with Gasteiger partial charge in [-0.2, -0.15) is 0 Å². The Morgan fingerprint density at radius 3 is 2.13 bits per heavy atom. The standard InChI is InChI=1S/C22H33N5O2S.HI/c1-4-24-22(25-16-18-12-14-20(15-13-18)30(23,28)29)26-17-21(27(5-2)6-3)19-10-8-7-9-11-19;/h7-15,21H,4-6,16-17H2,1-3H3,(H2,23,28,29)(H2,24,25,26);1H. The molecule has 172 valence electrons. The summed E-state index contributed by atoms with van der Waals surface area (Å²) in [6, 6.07) is 17.2. The molecule has 31 heavy (non-hydrogen) atoms. The van der Waals surface area contributed by atoms with Crippen molar-refractivity contribution in [3.8, 4) is 0 Å². The number of likely N-dealkylation sites (N-methyl/N-ethyl adjacent to an activating group) is 1. The number of nitrogens with zero attached hydrogens (tertiary/aromatic N) is 2. The minimum Gasteiger partial charge on any atom is -0.357 e. The van der Waals surface area contributed by atoms with Crippen molar-refractivity contribution in [3.63, 3.8) is 0 Å². The Bertz CT molecular complexity index is 901. The Kier molecular flexibility index (Phi) is 12.1. The van der Waals surface area contributed by atoms with Crippen LogP contribution < -0.4 is 15.8 Å². The number of guanidine groups is 1. The average molecular weight is 560 g/mol. The van der Waals surface area contributed by atoms with E-state index in [1.807, 2.05) is 13.0 Å². The number of aliphatic imine (C=N–C) groups is 1. The van der Waals surface area contributed by atoms with Crippen LogP contribution in [0.5, 0.6) is 0 Å². The van der Waals surface area contributed by atoms with Gasteiger partial charge in [0.2, 0.25) is 10.0 Å². The summed E-state index contributed by atoms with van der Waals surface area (Å²) in [6.45, 7) is 10.2. The van der Waals surface area contributed by atoms with E-state index in [2.05, 4.69) is 58.6 Å². The van der Waals surface area contributed by atoms with Crippen LogP contribution in [0.4, 0.5) is 0 Å². The molecule has 0 spiro atoms. The second-order valence-electron chi connectivity index (χ2n) is 6.91. The van der Waals surface area contributed by atoms with E-state index >= 15 is 0 Å². The Hall–Kier alpha value is -1.69. The quantitative estimate of drug-likeness (QED) is 0.236. The highest BCUT2D eigenvalue weighted by Gasteiger charge is 2.18. The minimum absolute atomic E-state index is 0. The van der Waals surface area contributed by atoms with E-state index < -0.39 is 10.0 Å². The smallest absolute Gasteiger partial charge is 0.238 e. The Balaban J connectivity index is 0.00000480. The maximum Gasteiger partial charge on any atom is 0.238 e. The van der Waals surface area contributed by atoms with Crippen molar-refractivity contribution in [2.45, 2.75) is 38.3 Å². The maximum atomic E-state index is 11.4. The number of hydrogen-bond acceptors (Lipinski definition) is 4. The predicted molar refractivity (Wildman–Crippen MR) is 138 cm³/mol. The highest BCUT2D eigenvalue weighted by Crippen LogP contribution is 2.19. The molecule has 0 fully saturated rings. The summed E-state index contributed by atoms with van der Waals surface area (Å²) in [7, 11) is -3.68. The van der Waals surface area contributed by atoms with E-state index in [4.69, 9.17) is 5.14 Å². The van der Waals surface area contributed by atoms with Gasteiger partial charge < -0.3 is 10.6 Å². The van der Waals surface area contributed by atoms with Gasteiger partial charge in [-0.3, -0.25) is 4.90 Å². The molecule has 0 aliphatic heterocycles. The first-order valence-electron chi connectivity index (χ1n) is 10.3. The van der Waals surface area contributed by atoms with Gasteiger partial charge in [0.25, 0.3) is 0 Å². The van der Waals surface area contributed by atoms with E-state index in [-0.39, 0.29) is 34.9 Å². The molecule has 0 aliphatic rings. The fourth-order valence-electron chi connectivity index (χ4n) is 3.29. The van der Waals surface area contributed by atoms with Crippen LogP contribution in [0.2, 0.25) is 0 Å². The van der Waals surface area contributed by atoms with Crippen molar-refractivity contribution in [1.82, 2.24) is 15.5 Å². The Morgan fingerprint density at radius 2 is 1.61 bits per heavy atom. The van der Waals surface area contributed by atoms with Gasteiger partial charge >= 0.3 is 0 Å². The number of rotatable bonds is 10. The molecule has 0 saturated heterocycles. The van der Waals surface area contributed by atoms with Crippen molar-refractivity contribution >= 4 is 40.0 Å². The zero-order chi connectivity index (χ0) is 22.0.